The molecule has 0 radical (unpaired) electrons. The number of rotatable bonds is 5. The van der Waals surface area contributed by atoms with Crippen molar-refractivity contribution in [3.05, 3.63) is 65.2 Å². The molecule has 2 aromatic carbocycles. The Labute approximate surface area is 155 Å². The van der Waals surface area contributed by atoms with Crippen LogP contribution in [0.1, 0.15) is 34.8 Å². The summed E-state index contributed by atoms with van der Waals surface area (Å²) < 4.78 is 31.8. The van der Waals surface area contributed by atoms with E-state index >= 15 is 0 Å². The zero-order chi connectivity index (χ0) is 19.4. The normalized spacial score (nSPS) is 16.3. The smallest absolute Gasteiger partial charge is 0.254 e. The van der Waals surface area contributed by atoms with Gasteiger partial charge in [-0.05, 0) is 42.7 Å². The molecule has 0 aliphatic carbocycles. The van der Waals surface area contributed by atoms with Gasteiger partial charge in [-0.25, -0.2) is 8.78 Å². The predicted octanol–water partition coefficient (Wildman–Crippen LogP) is 3.07. The second-order valence-electron chi connectivity index (χ2n) is 6.33. The quantitative estimate of drug-likeness (QED) is 0.875. The second kappa shape index (κ2) is 8.16. The van der Waals surface area contributed by atoms with Gasteiger partial charge >= 0.3 is 0 Å². The number of carbonyl (C=O) groups is 2. The van der Waals surface area contributed by atoms with Gasteiger partial charge in [0.2, 0.25) is 5.91 Å². The average molecular weight is 374 g/mol. The molecule has 0 saturated carbocycles. The summed E-state index contributed by atoms with van der Waals surface area (Å²) in [6, 6.07) is 10.1. The predicted molar refractivity (Wildman–Crippen MR) is 95.4 cm³/mol. The van der Waals surface area contributed by atoms with Crippen LogP contribution in [-0.2, 0) is 4.79 Å². The summed E-state index contributed by atoms with van der Waals surface area (Å²) in [6.07, 6.45) is 1.70. The SMILES string of the molecule is COc1ccc(C2CCCN2C(=O)CNC(=O)c2ccc(F)cc2F)cc1. The van der Waals surface area contributed by atoms with E-state index in [0.29, 0.717) is 12.6 Å². The summed E-state index contributed by atoms with van der Waals surface area (Å²) in [6.45, 7) is 0.346. The Morgan fingerprint density at radius 1 is 1.19 bits per heavy atom. The van der Waals surface area contributed by atoms with Crippen molar-refractivity contribution < 1.29 is 23.1 Å². The summed E-state index contributed by atoms with van der Waals surface area (Å²) in [5.74, 6) is -1.98. The van der Waals surface area contributed by atoms with E-state index in [0.717, 1.165) is 36.3 Å². The first kappa shape index (κ1) is 18.8. The fourth-order valence-electron chi connectivity index (χ4n) is 3.26. The van der Waals surface area contributed by atoms with E-state index in [9.17, 15) is 18.4 Å². The van der Waals surface area contributed by atoms with Gasteiger partial charge < -0.3 is 15.0 Å². The average Bonchev–Trinajstić information content (AvgIpc) is 3.16. The number of halogens is 2. The molecule has 1 N–H and O–H groups in total. The maximum Gasteiger partial charge on any atom is 0.254 e. The van der Waals surface area contributed by atoms with Crippen LogP contribution in [0, 0.1) is 11.6 Å². The molecule has 0 aromatic heterocycles. The Morgan fingerprint density at radius 2 is 1.93 bits per heavy atom. The van der Waals surface area contributed by atoms with E-state index in [4.69, 9.17) is 4.74 Å². The van der Waals surface area contributed by atoms with Gasteiger partial charge in [-0.2, -0.15) is 0 Å². The number of benzene rings is 2. The maximum absolute atomic E-state index is 13.7. The zero-order valence-electron chi connectivity index (χ0n) is 14.9. The molecule has 2 amide bonds. The number of hydrogen-bond donors (Lipinski definition) is 1. The third kappa shape index (κ3) is 4.24. The van der Waals surface area contributed by atoms with Crippen LogP contribution in [0.25, 0.3) is 0 Å². The number of likely N-dealkylation sites (tertiary alicyclic amines) is 1. The fourth-order valence-corrected chi connectivity index (χ4v) is 3.26. The molecule has 1 saturated heterocycles. The van der Waals surface area contributed by atoms with Crippen LogP contribution in [-0.4, -0.2) is 36.9 Å². The number of hydrogen-bond acceptors (Lipinski definition) is 3. The highest BCUT2D eigenvalue weighted by Crippen LogP contribution is 2.32. The third-order valence-electron chi connectivity index (χ3n) is 4.65. The highest BCUT2D eigenvalue weighted by Gasteiger charge is 2.30. The van der Waals surface area contributed by atoms with E-state index in [2.05, 4.69) is 5.32 Å². The van der Waals surface area contributed by atoms with Crippen LogP contribution >= 0.6 is 0 Å². The number of ether oxygens (including phenoxy) is 1. The van der Waals surface area contributed by atoms with Gasteiger partial charge in [-0.1, -0.05) is 12.1 Å². The number of carbonyl (C=O) groups excluding carboxylic acids is 2. The summed E-state index contributed by atoms with van der Waals surface area (Å²) in [5, 5.41) is 2.41. The molecule has 7 heteroatoms. The van der Waals surface area contributed by atoms with Crippen molar-refractivity contribution in [3.63, 3.8) is 0 Å². The molecule has 1 fully saturated rings. The van der Waals surface area contributed by atoms with Gasteiger partial charge in [0.15, 0.2) is 0 Å². The minimum Gasteiger partial charge on any atom is -0.497 e. The van der Waals surface area contributed by atoms with Crippen molar-refractivity contribution in [2.24, 2.45) is 0 Å². The third-order valence-corrected chi connectivity index (χ3v) is 4.65. The molecule has 5 nitrogen and oxygen atoms in total. The second-order valence-corrected chi connectivity index (χ2v) is 6.33. The van der Waals surface area contributed by atoms with Crippen molar-refractivity contribution in [1.29, 1.82) is 0 Å². The van der Waals surface area contributed by atoms with E-state index in [1.807, 2.05) is 24.3 Å². The molecule has 1 atom stereocenters. The number of nitrogens with zero attached hydrogens (tertiary/aromatic N) is 1. The minimum atomic E-state index is -0.961. The fraction of sp³-hybridized carbons (Fsp3) is 0.300. The molecular weight excluding hydrogens is 354 g/mol. The monoisotopic (exact) mass is 374 g/mol. The summed E-state index contributed by atoms with van der Waals surface area (Å²) in [7, 11) is 1.59. The molecular formula is C20H20F2N2O3. The van der Waals surface area contributed by atoms with Crippen LogP contribution in [0.4, 0.5) is 8.78 Å². The molecule has 142 valence electrons. The summed E-state index contributed by atoms with van der Waals surface area (Å²) >= 11 is 0. The van der Waals surface area contributed by atoms with Crippen LogP contribution < -0.4 is 10.1 Å². The van der Waals surface area contributed by atoms with E-state index in [1.54, 1.807) is 12.0 Å². The van der Waals surface area contributed by atoms with Gasteiger partial charge in [0.05, 0.1) is 25.3 Å². The van der Waals surface area contributed by atoms with Gasteiger partial charge in [-0.15, -0.1) is 0 Å². The topological polar surface area (TPSA) is 58.6 Å². The lowest BCUT2D eigenvalue weighted by atomic mass is 10.0. The van der Waals surface area contributed by atoms with Crippen LogP contribution in [0.15, 0.2) is 42.5 Å². The van der Waals surface area contributed by atoms with Crippen molar-refractivity contribution >= 4 is 11.8 Å². The minimum absolute atomic E-state index is 0.0668. The Morgan fingerprint density at radius 3 is 2.59 bits per heavy atom. The summed E-state index contributed by atoms with van der Waals surface area (Å²) in [4.78, 5) is 26.3. The lowest BCUT2D eigenvalue weighted by Crippen LogP contribution is -2.40. The van der Waals surface area contributed by atoms with Crippen LogP contribution in [0.5, 0.6) is 5.75 Å². The molecule has 27 heavy (non-hydrogen) atoms. The largest absolute Gasteiger partial charge is 0.497 e. The first-order valence-corrected chi connectivity index (χ1v) is 8.66. The summed E-state index contributed by atoms with van der Waals surface area (Å²) in [5.41, 5.74) is 0.704. The van der Waals surface area contributed by atoms with Crippen molar-refractivity contribution in [1.82, 2.24) is 10.2 Å². The van der Waals surface area contributed by atoms with Crippen molar-refractivity contribution in [3.8, 4) is 5.75 Å². The number of amides is 2. The molecule has 2 aromatic rings. The molecule has 0 spiro atoms. The molecule has 1 aliphatic heterocycles. The standard InChI is InChI=1S/C20H20F2N2O3/c1-27-15-7-4-13(5-8-15)18-3-2-10-24(18)19(25)12-23-20(26)16-9-6-14(21)11-17(16)22/h4-9,11,18H,2-3,10,12H2,1H3,(H,23,26). The van der Waals surface area contributed by atoms with Gasteiger partial charge in [0, 0.05) is 12.6 Å². The maximum atomic E-state index is 13.7. The Bertz CT molecular complexity index is 840. The van der Waals surface area contributed by atoms with E-state index in [1.165, 1.54) is 0 Å². The highest BCUT2D eigenvalue weighted by molar-refractivity contribution is 5.96. The molecule has 0 bridgehead atoms. The van der Waals surface area contributed by atoms with E-state index < -0.39 is 17.5 Å². The highest BCUT2D eigenvalue weighted by atomic mass is 19.1. The van der Waals surface area contributed by atoms with Gasteiger partial charge in [-0.3, -0.25) is 9.59 Å². The molecule has 1 aliphatic rings. The van der Waals surface area contributed by atoms with Gasteiger partial charge in [0.25, 0.3) is 5.91 Å². The van der Waals surface area contributed by atoms with Crippen molar-refractivity contribution in [2.45, 2.75) is 18.9 Å². The zero-order valence-corrected chi connectivity index (χ0v) is 14.9. The molecule has 1 unspecified atom stereocenters. The lowest BCUT2D eigenvalue weighted by molar-refractivity contribution is -0.131. The first-order valence-electron chi connectivity index (χ1n) is 8.66. The van der Waals surface area contributed by atoms with Crippen LogP contribution in [0.3, 0.4) is 0 Å². The molecule has 1 heterocycles. The number of methoxy groups -OCH3 is 1. The van der Waals surface area contributed by atoms with Gasteiger partial charge in [0.1, 0.15) is 17.4 Å². The first-order chi connectivity index (χ1) is 13.0. The Kier molecular flexibility index (Phi) is 5.69. The molecule has 3 rings (SSSR count). The Hall–Kier alpha value is -2.96. The Balaban J connectivity index is 1.63. The van der Waals surface area contributed by atoms with Crippen LogP contribution in [0.2, 0.25) is 0 Å². The van der Waals surface area contributed by atoms with Crippen molar-refractivity contribution in [2.75, 3.05) is 20.2 Å². The van der Waals surface area contributed by atoms with E-state index in [-0.39, 0.29) is 24.1 Å². The lowest BCUT2D eigenvalue weighted by Gasteiger charge is -2.25. The number of nitrogens with one attached hydrogen (secondary N) is 1.